The molecule has 0 aromatic heterocycles. The average Bonchev–Trinajstić information content (AvgIpc) is 2.54. The first-order valence-electron chi connectivity index (χ1n) is 7.37. The molecule has 5 nitrogen and oxygen atoms in total. The van der Waals surface area contributed by atoms with Crippen LogP contribution in [0.15, 0.2) is 51.8 Å². The van der Waals surface area contributed by atoms with Gasteiger partial charge in [0.25, 0.3) is 0 Å². The van der Waals surface area contributed by atoms with Gasteiger partial charge >= 0.3 is 0 Å². The second-order valence-electron chi connectivity index (χ2n) is 5.49. The molecular formula is C16H16BrClN2O3S. The average molecular weight is 432 g/mol. The van der Waals surface area contributed by atoms with E-state index in [9.17, 15) is 13.5 Å². The zero-order chi connectivity index (χ0) is 17.3. The van der Waals surface area contributed by atoms with Crippen LogP contribution >= 0.6 is 27.5 Å². The van der Waals surface area contributed by atoms with Gasteiger partial charge in [0.1, 0.15) is 10.6 Å². The lowest BCUT2D eigenvalue weighted by molar-refractivity contribution is 0.384. The lowest BCUT2D eigenvalue weighted by Crippen LogP contribution is -2.48. The number of hydrogen-bond donors (Lipinski definition) is 1. The number of phenols is 1. The second-order valence-corrected chi connectivity index (χ2v) is 8.71. The summed E-state index contributed by atoms with van der Waals surface area (Å²) in [4.78, 5) is 2.17. The predicted molar refractivity (Wildman–Crippen MR) is 98.2 cm³/mol. The first-order chi connectivity index (χ1) is 11.4. The number of piperazine rings is 1. The molecule has 1 saturated heterocycles. The summed E-state index contributed by atoms with van der Waals surface area (Å²) in [6.45, 7) is 1.84. The van der Waals surface area contributed by atoms with Gasteiger partial charge in [-0.2, -0.15) is 4.31 Å². The van der Waals surface area contributed by atoms with Crippen LogP contribution in [0.3, 0.4) is 0 Å². The van der Waals surface area contributed by atoms with Gasteiger partial charge in [0.15, 0.2) is 0 Å². The Morgan fingerprint density at radius 1 is 1.04 bits per heavy atom. The van der Waals surface area contributed by atoms with Gasteiger partial charge in [0.2, 0.25) is 10.0 Å². The van der Waals surface area contributed by atoms with E-state index in [-0.39, 0.29) is 15.7 Å². The molecule has 128 valence electrons. The van der Waals surface area contributed by atoms with Crippen LogP contribution in [0, 0.1) is 0 Å². The Balaban J connectivity index is 1.76. The Hall–Kier alpha value is -1.28. The van der Waals surface area contributed by atoms with Crippen molar-refractivity contribution >= 4 is 43.2 Å². The zero-order valence-corrected chi connectivity index (χ0v) is 15.9. The molecule has 1 fully saturated rings. The van der Waals surface area contributed by atoms with E-state index in [1.54, 1.807) is 30.3 Å². The van der Waals surface area contributed by atoms with Gasteiger partial charge in [0, 0.05) is 42.4 Å². The highest BCUT2D eigenvalue weighted by Crippen LogP contribution is 2.29. The van der Waals surface area contributed by atoms with Crippen LogP contribution in [-0.2, 0) is 10.0 Å². The number of sulfonamides is 1. The largest absolute Gasteiger partial charge is 0.508 e. The summed E-state index contributed by atoms with van der Waals surface area (Å²) in [5, 5.41) is 9.78. The zero-order valence-electron chi connectivity index (χ0n) is 12.7. The maximum absolute atomic E-state index is 12.8. The van der Waals surface area contributed by atoms with Crippen molar-refractivity contribution in [3.63, 3.8) is 0 Å². The topological polar surface area (TPSA) is 60.9 Å². The third-order valence-corrected chi connectivity index (χ3v) is 6.82. The van der Waals surface area contributed by atoms with Crippen LogP contribution in [0.2, 0.25) is 5.02 Å². The molecule has 2 aromatic rings. The quantitative estimate of drug-likeness (QED) is 0.810. The normalized spacial score (nSPS) is 16.3. The molecule has 0 saturated carbocycles. The van der Waals surface area contributed by atoms with Gasteiger partial charge in [-0.15, -0.1) is 0 Å². The number of rotatable bonds is 3. The van der Waals surface area contributed by atoms with E-state index in [4.69, 9.17) is 11.6 Å². The summed E-state index contributed by atoms with van der Waals surface area (Å²) >= 11 is 9.38. The molecule has 1 aliphatic heterocycles. The van der Waals surface area contributed by atoms with Gasteiger partial charge in [-0.05, 0) is 30.3 Å². The van der Waals surface area contributed by atoms with Gasteiger partial charge in [-0.1, -0.05) is 33.6 Å². The number of benzene rings is 2. The molecule has 24 heavy (non-hydrogen) atoms. The van der Waals surface area contributed by atoms with Gasteiger partial charge in [0.05, 0.1) is 5.02 Å². The van der Waals surface area contributed by atoms with E-state index in [0.29, 0.717) is 26.2 Å². The van der Waals surface area contributed by atoms with Gasteiger partial charge in [-0.25, -0.2) is 8.42 Å². The first kappa shape index (κ1) is 17.5. The van der Waals surface area contributed by atoms with Crippen molar-refractivity contribution in [2.45, 2.75) is 4.90 Å². The molecule has 0 amide bonds. The predicted octanol–water partition coefficient (Wildman–Crippen LogP) is 3.32. The number of phenolic OH excluding ortho intramolecular Hbond substituents is 1. The fraction of sp³-hybridized carbons (Fsp3) is 0.250. The van der Waals surface area contributed by atoms with E-state index in [2.05, 4.69) is 20.8 Å². The third kappa shape index (κ3) is 3.54. The molecule has 0 bridgehead atoms. The summed E-state index contributed by atoms with van der Waals surface area (Å²) < 4.78 is 27.8. The molecule has 0 spiro atoms. The van der Waals surface area contributed by atoms with Crippen molar-refractivity contribution in [1.29, 1.82) is 0 Å². The molecule has 8 heteroatoms. The van der Waals surface area contributed by atoms with Crippen LogP contribution < -0.4 is 4.90 Å². The molecule has 0 atom stereocenters. The highest BCUT2D eigenvalue weighted by molar-refractivity contribution is 9.10. The summed E-state index contributed by atoms with van der Waals surface area (Å²) in [6, 6.07) is 11.7. The smallest absolute Gasteiger partial charge is 0.244 e. The van der Waals surface area contributed by atoms with E-state index in [0.717, 1.165) is 10.2 Å². The van der Waals surface area contributed by atoms with E-state index in [1.807, 2.05) is 6.07 Å². The van der Waals surface area contributed by atoms with Crippen molar-refractivity contribution in [3.8, 4) is 5.75 Å². The summed E-state index contributed by atoms with van der Waals surface area (Å²) in [7, 11) is -3.62. The third-order valence-electron chi connectivity index (χ3n) is 3.95. The standard InChI is InChI=1S/C16H16BrClN2O3S/c17-12-4-5-16(15(18)10-12)24(22,23)20-8-6-19(7-9-20)13-2-1-3-14(21)11-13/h1-5,10-11,21H,6-9H2. The minimum absolute atomic E-state index is 0.123. The monoisotopic (exact) mass is 430 g/mol. The first-order valence-corrected chi connectivity index (χ1v) is 9.98. The van der Waals surface area contributed by atoms with Gasteiger partial charge in [-0.3, -0.25) is 0 Å². The van der Waals surface area contributed by atoms with Crippen molar-refractivity contribution in [3.05, 3.63) is 52.0 Å². The van der Waals surface area contributed by atoms with E-state index >= 15 is 0 Å². The summed E-state index contributed by atoms with van der Waals surface area (Å²) in [6.07, 6.45) is 0. The minimum Gasteiger partial charge on any atom is -0.508 e. The van der Waals surface area contributed by atoms with Crippen molar-refractivity contribution in [1.82, 2.24) is 4.31 Å². The molecule has 2 aromatic carbocycles. The fourth-order valence-electron chi connectivity index (χ4n) is 2.70. The van der Waals surface area contributed by atoms with Crippen LogP contribution in [0.25, 0.3) is 0 Å². The van der Waals surface area contributed by atoms with Crippen LogP contribution in [-0.4, -0.2) is 44.0 Å². The Morgan fingerprint density at radius 2 is 1.75 bits per heavy atom. The van der Waals surface area contributed by atoms with Crippen molar-refractivity contribution in [2.24, 2.45) is 0 Å². The molecule has 1 N–H and O–H groups in total. The summed E-state index contributed by atoms with van der Waals surface area (Å²) in [5.41, 5.74) is 0.883. The molecule has 0 unspecified atom stereocenters. The Morgan fingerprint density at radius 3 is 2.38 bits per heavy atom. The Labute approximate surface area is 154 Å². The number of halogens is 2. The Bertz CT molecular complexity index is 852. The van der Waals surface area contributed by atoms with Crippen molar-refractivity contribution in [2.75, 3.05) is 31.1 Å². The molecule has 1 aliphatic rings. The van der Waals surface area contributed by atoms with E-state index < -0.39 is 10.0 Å². The highest BCUT2D eigenvalue weighted by atomic mass is 79.9. The number of anilines is 1. The van der Waals surface area contributed by atoms with Crippen LogP contribution in [0.5, 0.6) is 5.75 Å². The molecular weight excluding hydrogens is 416 g/mol. The SMILES string of the molecule is O=S(=O)(c1ccc(Br)cc1Cl)N1CCN(c2cccc(O)c2)CC1. The fourth-order valence-corrected chi connectivity index (χ4v) is 5.13. The number of aromatic hydroxyl groups is 1. The lowest BCUT2D eigenvalue weighted by atomic mass is 10.2. The maximum Gasteiger partial charge on any atom is 0.244 e. The Kier molecular flexibility index (Phi) is 5.05. The maximum atomic E-state index is 12.8. The molecule has 0 aliphatic carbocycles. The number of nitrogens with zero attached hydrogens (tertiary/aromatic N) is 2. The molecule has 3 rings (SSSR count). The number of hydrogen-bond acceptors (Lipinski definition) is 4. The minimum atomic E-state index is -3.62. The molecule has 1 heterocycles. The van der Waals surface area contributed by atoms with Crippen LogP contribution in [0.1, 0.15) is 0 Å². The van der Waals surface area contributed by atoms with Crippen LogP contribution in [0.4, 0.5) is 5.69 Å². The molecule has 0 radical (unpaired) electrons. The van der Waals surface area contributed by atoms with Gasteiger partial charge < -0.3 is 10.0 Å². The lowest BCUT2D eigenvalue weighted by Gasteiger charge is -2.35. The van der Waals surface area contributed by atoms with E-state index in [1.165, 1.54) is 10.4 Å². The summed E-state index contributed by atoms with van der Waals surface area (Å²) in [5.74, 6) is 0.198. The second kappa shape index (κ2) is 6.92. The highest BCUT2D eigenvalue weighted by Gasteiger charge is 2.30. The van der Waals surface area contributed by atoms with Crippen molar-refractivity contribution < 1.29 is 13.5 Å².